The van der Waals surface area contributed by atoms with Crippen LogP contribution in [0.15, 0.2) is 30.3 Å². The molecule has 1 atom stereocenters. The Morgan fingerprint density at radius 1 is 1.27 bits per heavy atom. The van der Waals surface area contributed by atoms with Gasteiger partial charge in [-0.1, -0.05) is 35.9 Å². The number of benzene rings is 1. The number of primary amides is 1. The van der Waals surface area contributed by atoms with Gasteiger partial charge in [0.05, 0.1) is 13.7 Å². The predicted octanol–water partition coefficient (Wildman–Crippen LogP) is -0.0963. The van der Waals surface area contributed by atoms with E-state index in [0.717, 1.165) is 12.0 Å². The summed E-state index contributed by atoms with van der Waals surface area (Å²) >= 11 is 0. The first-order chi connectivity index (χ1) is 11.8. The van der Waals surface area contributed by atoms with Crippen molar-refractivity contribution in [2.45, 2.75) is 25.8 Å². The zero-order chi connectivity index (χ0) is 19.2. The summed E-state index contributed by atoms with van der Waals surface area (Å²) in [4.78, 5) is 44.6. The molecule has 0 aliphatic rings. The molecule has 1 aromatic carbocycles. The van der Waals surface area contributed by atoms with Gasteiger partial charge in [-0.3, -0.25) is 9.59 Å². The summed E-state index contributed by atoms with van der Waals surface area (Å²) in [7, 11) is 2.53. The van der Waals surface area contributed by atoms with Crippen molar-refractivity contribution in [3.8, 4) is 0 Å². The van der Waals surface area contributed by atoms with E-state index in [4.69, 9.17) is 5.73 Å². The molecule has 3 amide bonds. The zero-order valence-corrected chi connectivity index (χ0v) is 17.3. The molecule has 9 heteroatoms. The minimum Gasteiger partial charge on any atom is -0.520 e. The Morgan fingerprint density at radius 2 is 1.85 bits per heavy atom. The zero-order valence-electron chi connectivity index (χ0n) is 14.9. The molecule has 1 aromatic rings. The Labute approximate surface area is 147 Å². The summed E-state index contributed by atoms with van der Waals surface area (Å²) in [6.07, 6.45) is 1.48. The standard InChI is InChI=1S/C10H16N3O5.C7H8.Fm/c1-13(6-14)5-9(16)12-7(10(17)18-2)3-4-8(11)15;1-7-5-3-2-4-6-7;/h7H,3-5H2,1-2H3,(H2,11,15)(H,12,16);2-6H,1H3;/q-1;;. The Balaban J connectivity index is 0. The van der Waals surface area contributed by atoms with Gasteiger partial charge in [0, 0.05) is 6.42 Å². The number of nitrogens with one attached hydrogen (secondary N) is 1. The second kappa shape index (κ2) is 13.5. The van der Waals surface area contributed by atoms with E-state index in [1.807, 2.05) is 18.2 Å². The van der Waals surface area contributed by atoms with Crippen LogP contribution < -0.4 is 11.1 Å². The maximum absolute atomic E-state index is 11.4. The summed E-state index contributed by atoms with van der Waals surface area (Å²) in [6, 6.07) is 9.30. The third-order valence-corrected chi connectivity index (χ3v) is 2.98. The van der Waals surface area contributed by atoms with Gasteiger partial charge in [0.1, 0.15) is 6.04 Å². The number of aryl methyl sites for hydroxylation is 1. The molecule has 0 saturated carbocycles. The van der Waals surface area contributed by atoms with Gasteiger partial charge in [0.25, 0.3) is 0 Å². The normalized spacial score (nSPS) is 10.1. The van der Waals surface area contributed by atoms with E-state index >= 15 is 0 Å². The second-order valence-electron chi connectivity index (χ2n) is 5.25. The number of nitrogens with zero attached hydrogens (tertiary/aromatic N) is 1. The van der Waals surface area contributed by atoms with Crippen molar-refractivity contribution in [3.63, 3.8) is 0 Å². The van der Waals surface area contributed by atoms with Gasteiger partial charge in [0.15, 0.2) is 0 Å². The fourth-order valence-electron chi connectivity index (χ4n) is 1.70. The summed E-state index contributed by atoms with van der Waals surface area (Å²) in [5, 5.41) is 2.35. The van der Waals surface area contributed by atoms with Crippen LogP contribution in [0.2, 0.25) is 0 Å². The Hall–Kier alpha value is -3.90. The topological polar surface area (TPSA) is 119 Å². The maximum Gasteiger partial charge on any atom is 0.328 e. The molecule has 0 aromatic heterocycles. The van der Waals surface area contributed by atoms with Crippen LogP contribution in [-0.4, -0.2) is 55.8 Å². The number of likely N-dealkylation sites (N-methyl/N-ethyl adjacent to an activating group) is 1. The van der Waals surface area contributed by atoms with Gasteiger partial charge >= 0.3 is 5.97 Å². The third kappa shape index (κ3) is 11.6. The van der Waals surface area contributed by atoms with Crippen LogP contribution in [0.4, 0.5) is 0 Å². The number of carbonyl (C=O) groups is 3. The first-order valence-electron chi connectivity index (χ1n) is 7.56. The number of methoxy groups -OCH3 is 1. The van der Waals surface area contributed by atoms with Gasteiger partial charge in [-0.2, -0.15) is 6.41 Å². The van der Waals surface area contributed by atoms with Crippen LogP contribution >= 0.6 is 0 Å². The molecule has 3 N–H and O–H groups in total. The Bertz CT molecular complexity index is 569. The van der Waals surface area contributed by atoms with Crippen molar-refractivity contribution in [2.75, 3.05) is 20.7 Å². The predicted molar refractivity (Wildman–Crippen MR) is 91.9 cm³/mol. The second-order valence-corrected chi connectivity index (χ2v) is 5.25. The molecule has 26 heavy (non-hydrogen) atoms. The monoisotopic (exact) mass is 607 g/mol. The summed E-state index contributed by atoms with van der Waals surface area (Å²) in [5.74, 6) is -1.82. The van der Waals surface area contributed by atoms with Crippen LogP contribution in [0.3, 0.4) is 0 Å². The van der Waals surface area contributed by atoms with E-state index in [0.29, 0.717) is 0 Å². The minimum atomic E-state index is -0.963. The van der Waals surface area contributed by atoms with E-state index < -0.39 is 23.8 Å². The number of ether oxygens (including phenoxy) is 1. The van der Waals surface area contributed by atoms with Gasteiger partial charge < -0.3 is 25.5 Å². The van der Waals surface area contributed by atoms with Crippen LogP contribution in [0.25, 0.3) is 0 Å². The molecule has 0 saturated heterocycles. The molecule has 0 heterocycles. The van der Waals surface area contributed by atoms with Gasteiger partial charge in [-0.25, -0.2) is 4.79 Å². The van der Waals surface area contributed by atoms with Crippen molar-refractivity contribution >= 4 is 24.2 Å². The summed E-state index contributed by atoms with van der Waals surface area (Å²) in [5.41, 5.74) is 6.27. The molecule has 0 radical (unpaired) electrons. The summed E-state index contributed by atoms with van der Waals surface area (Å²) < 4.78 is 4.48. The molecule has 1 unspecified atom stereocenters. The van der Waals surface area contributed by atoms with E-state index in [1.54, 1.807) is 0 Å². The van der Waals surface area contributed by atoms with Gasteiger partial charge in [-0.05, 0) is 20.4 Å². The number of hydrogen-bond acceptors (Lipinski definition) is 5. The van der Waals surface area contributed by atoms with Crippen molar-refractivity contribution in [1.29, 1.82) is 0 Å². The quantitative estimate of drug-likeness (QED) is 0.243. The molecule has 0 spiro atoms. The molecule has 0 aliphatic carbocycles. The van der Waals surface area contributed by atoms with Gasteiger partial charge in [-0.15, -0.1) is 0 Å². The van der Waals surface area contributed by atoms with E-state index in [2.05, 4.69) is 29.1 Å². The molecule has 150 valence electrons. The average molecular weight is 607 g/mol. The maximum atomic E-state index is 11.4. The largest absolute Gasteiger partial charge is 0.520 e. The molecule has 0 bridgehead atoms. The van der Waals surface area contributed by atoms with Crippen molar-refractivity contribution in [3.05, 3.63) is 35.9 Å². The minimum absolute atomic E-state index is 0. The molecular formula is C17H24FmN3O5-. The molecule has 8 nitrogen and oxygen atoms in total. The number of esters is 1. The molecular weight excluding hydrogens is 583 g/mol. The first-order valence-corrected chi connectivity index (χ1v) is 7.56. The molecule has 0 aliphatic heterocycles. The number of hydrogen-bond donors (Lipinski definition) is 2. The fourth-order valence-corrected chi connectivity index (χ4v) is 1.70. The Kier molecular flexibility index (Phi) is 12.7. The number of carbonyl (C=O) groups excluding carboxylic acids is 4. The number of rotatable bonds is 8. The Morgan fingerprint density at radius 3 is 2.23 bits per heavy atom. The van der Waals surface area contributed by atoms with E-state index in [9.17, 15) is 19.2 Å². The van der Waals surface area contributed by atoms with E-state index in [1.165, 1.54) is 19.0 Å². The first kappa shape index (κ1) is 24.4. The van der Waals surface area contributed by atoms with Crippen LogP contribution in [0.1, 0.15) is 18.4 Å². The van der Waals surface area contributed by atoms with Crippen LogP contribution in [0.5, 0.6) is 0 Å². The average Bonchev–Trinajstić information content (AvgIpc) is 2.58. The molecule has 0 fully saturated rings. The smallest absolute Gasteiger partial charge is 0.328 e. The summed E-state index contributed by atoms with van der Waals surface area (Å²) in [6.45, 7) is 1.84. The number of amides is 3. The van der Waals surface area contributed by atoms with Crippen LogP contribution in [0, 0.1) is 6.92 Å². The fraction of sp³-hybridized carbons (Fsp3) is 0.412. The SMILES string of the molecule is COC(=O)C(CCC(N)=O)NC(=O)CN(C)[C-]=O.Cc1ccccc1.[Fm]. The van der Waals surface area contributed by atoms with Crippen LogP contribution in [-0.2, 0) is 23.9 Å². The van der Waals surface area contributed by atoms with Crippen molar-refractivity contribution in [2.24, 2.45) is 5.73 Å². The molecule has 1 rings (SSSR count). The van der Waals surface area contributed by atoms with Crippen molar-refractivity contribution < 1.29 is 23.9 Å². The van der Waals surface area contributed by atoms with E-state index in [-0.39, 0.29) is 19.4 Å². The third-order valence-electron chi connectivity index (χ3n) is 2.98. The van der Waals surface area contributed by atoms with Crippen molar-refractivity contribution in [1.82, 2.24) is 10.2 Å². The van der Waals surface area contributed by atoms with Gasteiger partial charge in [0.2, 0.25) is 11.8 Å². The number of nitrogens with two attached hydrogens (primary N) is 1.